The molecule has 4 rings (SSSR count). The van der Waals surface area contributed by atoms with Gasteiger partial charge in [-0.1, -0.05) is 12.8 Å². The summed E-state index contributed by atoms with van der Waals surface area (Å²) >= 11 is 0. The largest absolute Gasteiger partial charge is 0.279 e. The van der Waals surface area contributed by atoms with Crippen molar-refractivity contribution in [2.75, 3.05) is 4.90 Å². The number of H-pyrrole nitrogens is 1. The summed E-state index contributed by atoms with van der Waals surface area (Å²) in [6.07, 6.45) is 9.47. The highest BCUT2D eigenvalue weighted by molar-refractivity contribution is 6.03. The van der Waals surface area contributed by atoms with Gasteiger partial charge in [-0.05, 0) is 43.2 Å². The molecule has 0 radical (unpaired) electrons. The van der Waals surface area contributed by atoms with Crippen LogP contribution in [0.25, 0.3) is 10.9 Å². The van der Waals surface area contributed by atoms with E-state index in [1.165, 1.54) is 0 Å². The average Bonchev–Trinajstić information content (AvgIpc) is 3.27. The number of carbonyl (C=O) groups is 1. The average molecular weight is 306 g/mol. The van der Waals surface area contributed by atoms with Crippen LogP contribution in [0.5, 0.6) is 0 Å². The lowest BCUT2D eigenvalue weighted by molar-refractivity contribution is -0.121. The molecular formula is C18H18N4O. The Bertz CT molecular complexity index is 821. The monoisotopic (exact) mass is 306 g/mol. The lowest BCUT2D eigenvalue weighted by Gasteiger charge is -2.25. The van der Waals surface area contributed by atoms with Crippen LogP contribution >= 0.6 is 0 Å². The second kappa shape index (κ2) is 5.83. The highest BCUT2D eigenvalue weighted by Gasteiger charge is 2.29. The highest BCUT2D eigenvalue weighted by Crippen LogP contribution is 2.33. The number of hydrogen-bond acceptors (Lipinski definition) is 3. The third-order valence-corrected chi connectivity index (χ3v) is 4.51. The number of aromatic amines is 1. The van der Waals surface area contributed by atoms with Crippen LogP contribution in [0.2, 0.25) is 0 Å². The second-order valence-corrected chi connectivity index (χ2v) is 6.01. The Balaban J connectivity index is 1.79. The Morgan fingerprint density at radius 3 is 2.78 bits per heavy atom. The van der Waals surface area contributed by atoms with E-state index >= 15 is 0 Å². The summed E-state index contributed by atoms with van der Waals surface area (Å²) in [5, 5.41) is 8.00. The van der Waals surface area contributed by atoms with Crippen molar-refractivity contribution in [1.29, 1.82) is 0 Å². The molecule has 5 nitrogen and oxygen atoms in total. The van der Waals surface area contributed by atoms with Gasteiger partial charge in [-0.3, -0.25) is 19.8 Å². The summed E-state index contributed by atoms with van der Waals surface area (Å²) in [6.45, 7) is 0. The molecule has 3 aromatic rings. The van der Waals surface area contributed by atoms with Crippen LogP contribution in [-0.4, -0.2) is 21.1 Å². The number of hydrogen-bond donors (Lipinski definition) is 1. The molecule has 1 saturated carbocycles. The molecule has 1 amide bonds. The lowest BCUT2D eigenvalue weighted by atomic mass is 10.1. The molecule has 1 N–H and O–H groups in total. The van der Waals surface area contributed by atoms with E-state index < -0.39 is 0 Å². The SMILES string of the molecule is O=C(C1CCCC1)N(c1cccnc1)c1ccc2[nH]ncc2c1. The van der Waals surface area contributed by atoms with Crippen molar-refractivity contribution < 1.29 is 4.79 Å². The molecule has 1 fully saturated rings. The molecule has 2 heterocycles. The van der Waals surface area contributed by atoms with Gasteiger partial charge in [0, 0.05) is 23.2 Å². The van der Waals surface area contributed by atoms with Crippen molar-refractivity contribution in [2.24, 2.45) is 5.92 Å². The third-order valence-electron chi connectivity index (χ3n) is 4.51. The zero-order valence-electron chi connectivity index (χ0n) is 12.8. The molecule has 0 spiro atoms. The molecule has 1 aliphatic carbocycles. The van der Waals surface area contributed by atoms with E-state index in [0.29, 0.717) is 0 Å². The molecule has 1 aromatic carbocycles. The molecular weight excluding hydrogens is 288 g/mol. The summed E-state index contributed by atoms with van der Waals surface area (Å²) in [5.41, 5.74) is 2.64. The van der Waals surface area contributed by atoms with Gasteiger partial charge >= 0.3 is 0 Å². The number of benzene rings is 1. The van der Waals surface area contributed by atoms with Gasteiger partial charge < -0.3 is 0 Å². The summed E-state index contributed by atoms with van der Waals surface area (Å²) in [6, 6.07) is 9.71. The van der Waals surface area contributed by atoms with Crippen LogP contribution in [0.3, 0.4) is 0 Å². The normalized spacial score (nSPS) is 15.1. The van der Waals surface area contributed by atoms with Crippen molar-refractivity contribution in [3.05, 3.63) is 48.9 Å². The highest BCUT2D eigenvalue weighted by atomic mass is 16.2. The molecule has 116 valence electrons. The van der Waals surface area contributed by atoms with Crippen LogP contribution in [0.15, 0.2) is 48.9 Å². The number of fused-ring (bicyclic) bond motifs is 1. The molecule has 1 aliphatic rings. The van der Waals surface area contributed by atoms with Gasteiger partial charge in [0.1, 0.15) is 0 Å². The Kier molecular flexibility index (Phi) is 3.54. The first-order valence-corrected chi connectivity index (χ1v) is 8.00. The number of amides is 1. The number of anilines is 2. The van der Waals surface area contributed by atoms with E-state index in [1.807, 2.05) is 30.3 Å². The number of aromatic nitrogens is 3. The molecule has 0 atom stereocenters. The Morgan fingerprint density at radius 2 is 2.00 bits per heavy atom. The van der Waals surface area contributed by atoms with Gasteiger partial charge in [0.05, 0.1) is 23.6 Å². The minimum atomic E-state index is 0.107. The predicted molar refractivity (Wildman–Crippen MR) is 89.4 cm³/mol. The number of carbonyl (C=O) groups excluding carboxylic acids is 1. The van der Waals surface area contributed by atoms with E-state index in [0.717, 1.165) is 48.0 Å². The van der Waals surface area contributed by atoms with E-state index in [1.54, 1.807) is 23.5 Å². The second-order valence-electron chi connectivity index (χ2n) is 6.01. The van der Waals surface area contributed by atoms with E-state index in [9.17, 15) is 4.79 Å². The maximum atomic E-state index is 13.1. The quantitative estimate of drug-likeness (QED) is 0.800. The summed E-state index contributed by atoms with van der Waals surface area (Å²) in [7, 11) is 0. The van der Waals surface area contributed by atoms with Crippen molar-refractivity contribution >= 4 is 28.2 Å². The van der Waals surface area contributed by atoms with Gasteiger partial charge in [-0.15, -0.1) is 0 Å². The number of rotatable bonds is 3. The predicted octanol–water partition coefficient (Wildman–Crippen LogP) is 3.81. The smallest absolute Gasteiger partial charge is 0.234 e. The van der Waals surface area contributed by atoms with Crippen LogP contribution in [0.1, 0.15) is 25.7 Å². The van der Waals surface area contributed by atoms with Crippen LogP contribution < -0.4 is 4.90 Å². The maximum Gasteiger partial charge on any atom is 0.234 e. The minimum Gasteiger partial charge on any atom is -0.279 e. The van der Waals surface area contributed by atoms with E-state index in [4.69, 9.17) is 0 Å². The van der Waals surface area contributed by atoms with Gasteiger partial charge in [-0.2, -0.15) is 5.10 Å². The molecule has 0 aliphatic heterocycles. The van der Waals surface area contributed by atoms with Crippen LogP contribution in [0.4, 0.5) is 11.4 Å². The first-order chi connectivity index (χ1) is 11.3. The zero-order chi connectivity index (χ0) is 15.6. The third kappa shape index (κ3) is 2.59. The van der Waals surface area contributed by atoms with Crippen molar-refractivity contribution in [3.8, 4) is 0 Å². The first-order valence-electron chi connectivity index (χ1n) is 8.00. The topological polar surface area (TPSA) is 61.9 Å². The fourth-order valence-corrected chi connectivity index (χ4v) is 3.31. The molecule has 0 bridgehead atoms. The van der Waals surface area contributed by atoms with Crippen LogP contribution in [-0.2, 0) is 4.79 Å². The standard InChI is InChI=1S/C18H18N4O/c23-18(13-4-1-2-5-13)22(16-6-3-9-19-12-16)15-7-8-17-14(10-15)11-20-21-17/h3,6-13H,1-2,4-5H2,(H,20,21). The maximum absolute atomic E-state index is 13.1. The summed E-state index contributed by atoms with van der Waals surface area (Å²) in [5.74, 6) is 0.272. The fraction of sp³-hybridized carbons (Fsp3) is 0.278. The summed E-state index contributed by atoms with van der Waals surface area (Å²) < 4.78 is 0. The Hall–Kier alpha value is -2.69. The zero-order valence-corrected chi connectivity index (χ0v) is 12.8. The Labute approximate surface area is 134 Å². The van der Waals surface area contributed by atoms with Gasteiger partial charge in [0.2, 0.25) is 5.91 Å². The molecule has 2 aromatic heterocycles. The first kappa shape index (κ1) is 13.9. The molecule has 23 heavy (non-hydrogen) atoms. The van der Waals surface area contributed by atoms with E-state index in [-0.39, 0.29) is 11.8 Å². The van der Waals surface area contributed by atoms with Gasteiger partial charge in [0.25, 0.3) is 0 Å². The van der Waals surface area contributed by atoms with Crippen molar-refractivity contribution in [2.45, 2.75) is 25.7 Å². The van der Waals surface area contributed by atoms with Crippen LogP contribution in [0, 0.1) is 5.92 Å². The molecule has 0 saturated heterocycles. The Morgan fingerprint density at radius 1 is 1.13 bits per heavy atom. The number of pyridine rings is 1. The van der Waals surface area contributed by atoms with Crippen molar-refractivity contribution in [1.82, 2.24) is 15.2 Å². The number of nitrogens with one attached hydrogen (secondary N) is 1. The minimum absolute atomic E-state index is 0.107. The fourth-order valence-electron chi connectivity index (χ4n) is 3.31. The lowest BCUT2D eigenvalue weighted by Crippen LogP contribution is -2.31. The summed E-state index contributed by atoms with van der Waals surface area (Å²) in [4.78, 5) is 19.1. The van der Waals surface area contributed by atoms with Gasteiger partial charge in [-0.25, -0.2) is 0 Å². The van der Waals surface area contributed by atoms with Gasteiger partial charge in [0.15, 0.2) is 0 Å². The van der Waals surface area contributed by atoms with E-state index in [2.05, 4.69) is 15.2 Å². The molecule has 0 unspecified atom stereocenters. The molecule has 5 heteroatoms. The number of nitrogens with zero attached hydrogens (tertiary/aromatic N) is 3. The van der Waals surface area contributed by atoms with Crippen molar-refractivity contribution in [3.63, 3.8) is 0 Å².